The molecule has 1 aliphatic heterocycles. The second-order valence-electron chi connectivity index (χ2n) is 5.54. The molecule has 0 aromatic heterocycles. The zero-order chi connectivity index (χ0) is 14.9. The third kappa shape index (κ3) is 4.75. The van der Waals surface area contributed by atoms with E-state index in [0.29, 0.717) is 31.7 Å². The van der Waals surface area contributed by atoms with Gasteiger partial charge in [0, 0.05) is 26.2 Å². The van der Waals surface area contributed by atoms with Crippen molar-refractivity contribution < 1.29 is 13.2 Å². The molecule has 1 atom stereocenters. The highest BCUT2D eigenvalue weighted by atomic mass is 35.5. The van der Waals surface area contributed by atoms with Crippen molar-refractivity contribution in [2.75, 3.05) is 26.2 Å². The summed E-state index contributed by atoms with van der Waals surface area (Å²) in [4.78, 5) is 1.54. The number of alkyl halides is 3. The van der Waals surface area contributed by atoms with E-state index in [1.165, 1.54) is 0 Å². The molecule has 1 saturated heterocycles. The van der Waals surface area contributed by atoms with Crippen molar-refractivity contribution in [3.63, 3.8) is 0 Å². The normalized spacial score (nSPS) is 17.4. The molecule has 0 radical (unpaired) electrons. The molecule has 0 amide bonds. The molecule has 128 valence electrons. The van der Waals surface area contributed by atoms with Crippen LogP contribution in [-0.2, 0) is 0 Å². The quantitative estimate of drug-likeness (QED) is 0.860. The van der Waals surface area contributed by atoms with Crippen LogP contribution in [-0.4, -0.2) is 37.3 Å². The fourth-order valence-electron chi connectivity index (χ4n) is 3.12. The fourth-order valence-corrected chi connectivity index (χ4v) is 3.12. The lowest BCUT2D eigenvalue weighted by molar-refractivity contribution is -0.188. The Morgan fingerprint density at radius 1 is 1.00 bits per heavy atom. The second-order valence-corrected chi connectivity index (χ2v) is 5.54. The van der Waals surface area contributed by atoms with Crippen molar-refractivity contribution in [2.24, 2.45) is 0 Å². The van der Waals surface area contributed by atoms with Crippen molar-refractivity contribution >= 4 is 24.8 Å². The molecule has 2 rings (SSSR count). The number of halogens is 5. The minimum atomic E-state index is -4.25. The Morgan fingerprint density at radius 2 is 1.45 bits per heavy atom. The summed E-state index contributed by atoms with van der Waals surface area (Å²) in [5.74, 6) is 0. The molecule has 1 aromatic carbocycles. The maximum Gasteiger partial charge on any atom is 0.408 e. The smallest absolute Gasteiger partial charge is 0.314 e. The van der Waals surface area contributed by atoms with E-state index >= 15 is 0 Å². The number of aryl methyl sites for hydroxylation is 3. The fraction of sp³-hybridized carbons (Fsp3) is 0.600. The van der Waals surface area contributed by atoms with E-state index in [2.05, 4.69) is 5.32 Å². The first-order valence-corrected chi connectivity index (χ1v) is 6.90. The average molecular weight is 359 g/mol. The third-order valence-electron chi connectivity index (χ3n) is 3.84. The van der Waals surface area contributed by atoms with Gasteiger partial charge in [-0.05, 0) is 37.5 Å². The molecule has 1 N–H and O–H groups in total. The molecule has 7 heteroatoms. The van der Waals surface area contributed by atoms with Crippen LogP contribution in [0.2, 0.25) is 0 Å². The van der Waals surface area contributed by atoms with Crippen molar-refractivity contribution in [3.05, 3.63) is 34.4 Å². The van der Waals surface area contributed by atoms with Gasteiger partial charge in [-0.15, -0.1) is 24.8 Å². The van der Waals surface area contributed by atoms with E-state index in [9.17, 15) is 13.2 Å². The SMILES string of the molecule is Cc1cc(C)c([C@H](N2CCNCC2)C(F)(F)F)c(C)c1.Cl.Cl. The number of rotatable bonds is 2. The zero-order valence-electron chi connectivity index (χ0n) is 13.0. The number of piperazine rings is 1. The highest BCUT2D eigenvalue weighted by Crippen LogP contribution is 2.40. The first-order valence-electron chi connectivity index (χ1n) is 6.90. The van der Waals surface area contributed by atoms with E-state index < -0.39 is 12.2 Å². The Bertz CT molecular complexity index is 463. The molecule has 1 heterocycles. The summed E-state index contributed by atoms with van der Waals surface area (Å²) in [5, 5.41) is 3.10. The van der Waals surface area contributed by atoms with Crippen LogP contribution in [0.3, 0.4) is 0 Å². The lowest BCUT2D eigenvalue weighted by Crippen LogP contribution is -2.49. The number of nitrogens with one attached hydrogen (secondary N) is 1. The van der Waals surface area contributed by atoms with Crippen LogP contribution in [0.4, 0.5) is 13.2 Å². The number of hydrogen-bond donors (Lipinski definition) is 1. The maximum atomic E-state index is 13.6. The molecule has 2 nitrogen and oxygen atoms in total. The molecule has 22 heavy (non-hydrogen) atoms. The molecule has 0 bridgehead atoms. The molecule has 0 saturated carbocycles. The predicted molar refractivity (Wildman–Crippen MR) is 88.4 cm³/mol. The van der Waals surface area contributed by atoms with Gasteiger partial charge in [0.05, 0.1) is 0 Å². The Balaban J connectivity index is 0.00000220. The van der Waals surface area contributed by atoms with Crippen molar-refractivity contribution in [1.29, 1.82) is 0 Å². The van der Waals surface area contributed by atoms with Gasteiger partial charge in [-0.1, -0.05) is 17.7 Å². The minimum Gasteiger partial charge on any atom is -0.314 e. The Morgan fingerprint density at radius 3 is 1.86 bits per heavy atom. The summed E-state index contributed by atoms with van der Waals surface area (Å²) in [6.45, 7) is 7.53. The van der Waals surface area contributed by atoms with Crippen LogP contribution in [0, 0.1) is 20.8 Å². The van der Waals surface area contributed by atoms with E-state index in [0.717, 1.165) is 16.7 Å². The molecule has 0 spiro atoms. The minimum absolute atomic E-state index is 0. The summed E-state index contributed by atoms with van der Waals surface area (Å²) in [6.07, 6.45) is -4.25. The Kier molecular flexibility index (Phi) is 8.20. The van der Waals surface area contributed by atoms with Crippen molar-refractivity contribution in [2.45, 2.75) is 33.0 Å². The van der Waals surface area contributed by atoms with Gasteiger partial charge >= 0.3 is 6.18 Å². The first kappa shape index (κ1) is 21.5. The maximum absolute atomic E-state index is 13.6. The van der Waals surface area contributed by atoms with Gasteiger partial charge in [0.15, 0.2) is 0 Å². The van der Waals surface area contributed by atoms with E-state index in [1.807, 2.05) is 19.1 Å². The van der Waals surface area contributed by atoms with Crippen LogP contribution < -0.4 is 5.32 Å². The molecular formula is C15H23Cl2F3N2. The topological polar surface area (TPSA) is 15.3 Å². The molecular weight excluding hydrogens is 336 g/mol. The van der Waals surface area contributed by atoms with Crippen LogP contribution >= 0.6 is 24.8 Å². The van der Waals surface area contributed by atoms with Crippen LogP contribution in [0.5, 0.6) is 0 Å². The third-order valence-corrected chi connectivity index (χ3v) is 3.84. The second kappa shape index (κ2) is 8.39. The van der Waals surface area contributed by atoms with E-state index in [4.69, 9.17) is 0 Å². The van der Waals surface area contributed by atoms with Gasteiger partial charge in [-0.25, -0.2) is 0 Å². The average Bonchev–Trinajstić information content (AvgIpc) is 2.33. The van der Waals surface area contributed by atoms with Gasteiger partial charge in [-0.3, -0.25) is 4.90 Å². The highest BCUT2D eigenvalue weighted by molar-refractivity contribution is 5.85. The number of hydrogen-bond acceptors (Lipinski definition) is 2. The van der Waals surface area contributed by atoms with Gasteiger partial charge in [0.1, 0.15) is 6.04 Å². The highest BCUT2D eigenvalue weighted by Gasteiger charge is 2.46. The van der Waals surface area contributed by atoms with Gasteiger partial charge in [-0.2, -0.15) is 13.2 Å². The summed E-state index contributed by atoms with van der Waals surface area (Å²) >= 11 is 0. The molecule has 0 aliphatic carbocycles. The molecule has 1 aromatic rings. The summed E-state index contributed by atoms with van der Waals surface area (Å²) in [7, 11) is 0. The van der Waals surface area contributed by atoms with Crippen LogP contribution in [0.15, 0.2) is 12.1 Å². The van der Waals surface area contributed by atoms with E-state index in [1.54, 1.807) is 18.7 Å². The molecule has 1 aliphatic rings. The van der Waals surface area contributed by atoms with Gasteiger partial charge < -0.3 is 5.32 Å². The number of nitrogens with zero attached hydrogens (tertiary/aromatic N) is 1. The van der Waals surface area contributed by atoms with Crippen LogP contribution in [0.1, 0.15) is 28.3 Å². The number of benzene rings is 1. The largest absolute Gasteiger partial charge is 0.408 e. The Hall–Kier alpha value is -0.490. The lowest BCUT2D eigenvalue weighted by atomic mass is 9.92. The van der Waals surface area contributed by atoms with Gasteiger partial charge in [0.2, 0.25) is 0 Å². The van der Waals surface area contributed by atoms with E-state index in [-0.39, 0.29) is 24.8 Å². The predicted octanol–water partition coefficient (Wildman–Crippen LogP) is 3.96. The summed E-state index contributed by atoms with van der Waals surface area (Å²) < 4.78 is 40.8. The Labute approximate surface area is 142 Å². The first-order chi connectivity index (χ1) is 9.30. The van der Waals surface area contributed by atoms with Gasteiger partial charge in [0.25, 0.3) is 0 Å². The molecule has 0 unspecified atom stereocenters. The summed E-state index contributed by atoms with van der Waals surface area (Å²) in [5.41, 5.74) is 2.88. The van der Waals surface area contributed by atoms with Crippen molar-refractivity contribution in [1.82, 2.24) is 10.2 Å². The van der Waals surface area contributed by atoms with Crippen molar-refractivity contribution in [3.8, 4) is 0 Å². The lowest BCUT2D eigenvalue weighted by Gasteiger charge is -2.37. The van der Waals surface area contributed by atoms with Crippen LogP contribution in [0.25, 0.3) is 0 Å². The zero-order valence-corrected chi connectivity index (χ0v) is 14.6. The standard InChI is InChI=1S/C15H21F3N2.2ClH/c1-10-8-11(2)13(12(3)9-10)14(15(16,17)18)20-6-4-19-5-7-20;;/h8-9,14,19H,4-7H2,1-3H3;2*1H/t14-;;/m0../s1. The summed E-state index contributed by atoms with van der Waals surface area (Å²) in [6, 6.07) is 2.18. The monoisotopic (exact) mass is 358 g/mol. The molecule has 1 fully saturated rings.